The average molecular weight is 178 g/mol. The van der Waals surface area contributed by atoms with Crippen LogP contribution in [0.3, 0.4) is 0 Å². The topological polar surface area (TPSA) is 34.9 Å². The van der Waals surface area contributed by atoms with Gasteiger partial charge in [0.15, 0.2) is 0 Å². The van der Waals surface area contributed by atoms with Gasteiger partial charge in [-0.1, -0.05) is 6.92 Å². The van der Waals surface area contributed by atoms with Gasteiger partial charge in [-0.2, -0.15) is 5.10 Å². The lowest BCUT2D eigenvalue weighted by Crippen LogP contribution is -2.05. The summed E-state index contributed by atoms with van der Waals surface area (Å²) in [5, 5.41) is 4.03. The summed E-state index contributed by atoms with van der Waals surface area (Å²) in [4.78, 5) is 11.6. The number of hydrogen-bond donors (Lipinski definition) is 0. The molecule has 0 amide bonds. The molecular formula is C10H14N2O. The summed E-state index contributed by atoms with van der Waals surface area (Å²) in [6.45, 7) is 2.13. The van der Waals surface area contributed by atoms with Crippen LogP contribution >= 0.6 is 0 Å². The van der Waals surface area contributed by atoms with Crippen LogP contribution in [0.4, 0.5) is 0 Å². The first-order valence-electron chi connectivity index (χ1n) is 4.67. The third-order valence-electron chi connectivity index (χ3n) is 2.66. The fraction of sp³-hybridized carbons (Fsp3) is 0.600. The molecule has 0 aliphatic heterocycles. The molecule has 1 heterocycles. The number of carbonyl (C=O) groups excluding carboxylic acids is 1. The average Bonchev–Trinajstić information content (AvgIpc) is 2.66. The molecule has 1 fully saturated rings. The van der Waals surface area contributed by atoms with E-state index in [2.05, 4.69) is 12.0 Å². The number of ketones is 1. The number of carbonyl (C=O) groups is 1. The minimum Gasteiger partial charge on any atom is -0.299 e. The molecule has 0 aromatic carbocycles. The van der Waals surface area contributed by atoms with E-state index >= 15 is 0 Å². The third kappa shape index (κ3) is 1.79. The summed E-state index contributed by atoms with van der Waals surface area (Å²) in [7, 11) is 1.87. The molecular weight excluding hydrogens is 164 g/mol. The zero-order chi connectivity index (χ0) is 9.42. The molecule has 0 spiro atoms. The van der Waals surface area contributed by atoms with Crippen molar-refractivity contribution in [1.82, 2.24) is 9.78 Å². The molecule has 1 aromatic rings. The van der Waals surface area contributed by atoms with Gasteiger partial charge < -0.3 is 0 Å². The van der Waals surface area contributed by atoms with E-state index in [4.69, 9.17) is 0 Å². The molecule has 1 aromatic heterocycles. The first kappa shape index (κ1) is 8.48. The van der Waals surface area contributed by atoms with Crippen molar-refractivity contribution in [2.45, 2.75) is 19.8 Å². The standard InChI is InChI=1S/C10H14N2O/c1-7-3-9(7)10(13)4-8-5-11-12(2)6-8/h5-7,9H,3-4H2,1-2H3. The number of nitrogens with zero attached hydrogens (tertiary/aromatic N) is 2. The Bertz CT molecular complexity index is 329. The van der Waals surface area contributed by atoms with Gasteiger partial charge in [0.25, 0.3) is 0 Å². The van der Waals surface area contributed by atoms with Crippen LogP contribution in [0.1, 0.15) is 18.9 Å². The number of hydrogen-bond acceptors (Lipinski definition) is 2. The Hall–Kier alpha value is -1.12. The Kier molecular flexibility index (Phi) is 1.94. The first-order valence-corrected chi connectivity index (χ1v) is 4.67. The van der Waals surface area contributed by atoms with Crippen LogP contribution in [0.5, 0.6) is 0 Å². The van der Waals surface area contributed by atoms with Gasteiger partial charge in [0, 0.05) is 25.6 Å². The molecule has 0 bridgehead atoms. The first-order chi connectivity index (χ1) is 6.16. The minimum atomic E-state index is 0.334. The fourth-order valence-electron chi connectivity index (χ4n) is 1.67. The van der Waals surface area contributed by atoms with Gasteiger partial charge in [0.2, 0.25) is 0 Å². The third-order valence-corrected chi connectivity index (χ3v) is 2.66. The summed E-state index contributed by atoms with van der Waals surface area (Å²) in [5.41, 5.74) is 1.03. The van der Waals surface area contributed by atoms with Crippen molar-refractivity contribution in [1.29, 1.82) is 0 Å². The maximum Gasteiger partial charge on any atom is 0.140 e. The van der Waals surface area contributed by atoms with Crippen LogP contribution in [0.2, 0.25) is 0 Å². The van der Waals surface area contributed by atoms with Gasteiger partial charge in [-0.15, -0.1) is 0 Å². The Balaban J connectivity index is 1.95. The van der Waals surface area contributed by atoms with E-state index in [1.165, 1.54) is 0 Å². The fourth-order valence-corrected chi connectivity index (χ4v) is 1.67. The van der Waals surface area contributed by atoms with Crippen LogP contribution in [0, 0.1) is 11.8 Å². The van der Waals surface area contributed by atoms with Crippen molar-refractivity contribution in [3.05, 3.63) is 18.0 Å². The summed E-state index contributed by atoms with van der Waals surface area (Å²) in [6.07, 6.45) is 5.32. The predicted molar refractivity (Wildman–Crippen MR) is 49.2 cm³/mol. The Morgan fingerprint density at radius 3 is 2.92 bits per heavy atom. The number of Topliss-reactive ketones (excluding diaryl/α,β-unsaturated/α-hetero) is 1. The number of aromatic nitrogens is 2. The zero-order valence-electron chi connectivity index (χ0n) is 8.03. The normalized spacial score (nSPS) is 26.0. The van der Waals surface area contributed by atoms with Gasteiger partial charge in [-0.3, -0.25) is 9.48 Å². The highest BCUT2D eigenvalue weighted by Crippen LogP contribution is 2.38. The van der Waals surface area contributed by atoms with Crippen molar-refractivity contribution in [2.24, 2.45) is 18.9 Å². The molecule has 70 valence electrons. The molecule has 0 N–H and O–H groups in total. The second-order valence-electron chi connectivity index (χ2n) is 3.98. The van der Waals surface area contributed by atoms with E-state index in [0.717, 1.165) is 12.0 Å². The Labute approximate surface area is 77.7 Å². The summed E-state index contributed by atoms with van der Waals surface area (Å²) < 4.78 is 1.74. The molecule has 0 saturated heterocycles. The molecule has 2 unspecified atom stereocenters. The summed E-state index contributed by atoms with van der Waals surface area (Å²) in [5.74, 6) is 1.32. The zero-order valence-corrected chi connectivity index (χ0v) is 8.03. The van der Waals surface area contributed by atoms with E-state index in [1.807, 2.05) is 13.2 Å². The van der Waals surface area contributed by atoms with Crippen molar-refractivity contribution in [3.63, 3.8) is 0 Å². The highest BCUT2D eigenvalue weighted by Gasteiger charge is 2.38. The highest BCUT2D eigenvalue weighted by molar-refractivity contribution is 5.85. The lowest BCUT2D eigenvalue weighted by Gasteiger charge is -1.94. The quantitative estimate of drug-likeness (QED) is 0.696. The van der Waals surface area contributed by atoms with E-state index in [1.54, 1.807) is 10.9 Å². The molecule has 3 nitrogen and oxygen atoms in total. The van der Waals surface area contributed by atoms with Crippen LogP contribution < -0.4 is 0 Å². The van der Waals surface area contributed by atoms with E-state index < -0.39 is 0 Å². The lowest BCUT2D eigenvalue weighted by atomic mass is 10.1. The van der Waals surface area contributed by atoms with Crippen LogP contribution in [-0.2, 0) is 18.3 Å². The van der Waals surface area contributed by atoms with Crippen molar-refractivity contribution in [3.8, 4) is 0 Å². The molecule has 1 aliphatic carbocycles. The smallest absolute Gasteiger partial charge is 0.140 e. The molecule has 13 heavy (non-hydrogen) atoms. The largest absolute Gasteiger partial charge is 0.299 e. The van der Waals surface area contributed by atoms with Gasteiger partial charge in [0.1, 0.15) is 5.78 Å². The molecule has 0 radical (unpaired) electrons. The van der Waals surface area contributed by atoms with Crippen LogP contribution in [0.15, 0.2) is 12.4 Å². The van der Waals surface area contributed by atoms with E-state index in [9.17, 15) is 4.79 Å². The maximum atomic E-state index is 11.6. The van der Waals surface area contributed by atoms with Gasteiger partial charge in [-0.25, -0.2) is 0 Å². The molecule has 3 heteroatoms. The summed E-state index contributed by atoms with van der Waals surface area (Å²) in [6, 6.07) is 0. The van der Waals surface area contributed by atoms with Crippen molar-refractivity contribution < 1.29 is 4.79 Å². The Morgan fingerprint density at radius 1 is 1.77 bits per heavy atom. The summed E-state index contributed by atoms with van der Waals surface area (Å²) >= 11 is 0. The predicted octanol–water partition coefficient (Wildman–Crippen LogP) is 1.19. The van der Waals surface area contributed by atoms with Gasteiger partial charge >= 0.3 is 0 Å². The second-order valence-corrected chi connectivity index (χ2v) is 3.98. The van der Waals surface area contributed by atoms with Crippen molar-refractivity contribution in [2.75, 3.05) is 0 Å². The van der Waals surface area contributed by atoms with Crippen molar-refractivity contribution >= 4 is 5.78 Å². The molecule has 1 aliphatic rings. The second kappa shape index (κ2) is 2.98. The minimum absolute atomic E-state index is 0.334. The lowest BCUT2D eigenvalue weighted by molar-refractivity contribution is -0.119. The van der Waals surface area contributed by atoms with E-state index in [0.29, 0.717) is 24.0 Å². The van der Waals surface area contributed by atoms with Crippen LogP contribution in [-0.4, -0.2) is 15.6 Å². The SMILES string of the molecule is CC1CC1C(=O)Cc1cnn(C)c1. The molecule has 1 saturated carbocycles. The van der Waals surface area contributed by atoms with Gasteiger partial charge in [0.05, 0.1) is 6.20 Å². The maximum absolute atomic E-state index is 11.6. The number of rotatable bonds is 3. The number of aryl methyl sites for hydroxylation is 1. The van der Waals surface area contributed by atoms with Crippen LogP contribution in [0.25, 0.3) is 0 Å². The molecule has 2 atom stereocenters. The van der Waals surface area contributed by atoms with Gasteiger partial charge in [-0.05, 0) is 17.9 Å². The monoisotopic (exact) mass is 178 g/mol. The Morgan fingerprint density at radius 2 is 2.46 bits per heavy atom. The highest BCUT2D eigenvalue weighted by atomic mass is 16.1. The molecule has 2 rings (SSSR count). The van der Waals surface area contributed by atoms with E-state index in [-0.39, 0.29) is 0 Å².